The summed E-state index contributed by atoms with van der Waals surface area (Å²) in [4.78, 5) is 27.6. The third-order valence-electron chi connectivity index (χ3n) is 5.37. The Bertz CT molecular complexity index is 764. The van der Waals surface area contributed by atoms with E-state index in [1.807, 2.05) is 12.1 Å². The number of likely N-dealkylation sites (tertiary alicyclic amines) is 1. The van der Waals surface area contributed by atoms with Gasteiger partial charge < -0.3 is 15.0 Å². The lowest BCUT2D eigenvalue weighted by molar-refractivity contribution is -0.133. The van der Waals surface area contributed by atoms with Crippen LogP contribution in [0.1, 0.15) is 43.7 Å². The van der Waals surface area contributed by atoms with Crippen molar-refractivity contribution in [2.45, 2.75) is 38.1 Å². The third kappa shape index (κ3) is 4.42. The number of amides is 1. The molecule has 2 aliphatic heterocycles. The Labute approximate surface area is 159 Å². The molecule has 2 aliphatic rings. The lowest BCUT2D eigenvalue weighted by Gasteiger charge is -2.28. The van der Waals surface area contributed by atoms with Gasteiger partial charge in [0.2, 0.25) is 5.91 Å². The molecule has 0 bridgehead atoms. The zero-order valence-corrected chi connectivity index (χ0v) is 15.4. The van der Waals surface area contributed by atoms with Crippen LogP contribution in [-0.2, 0) is 9.53 Å². The summed E-state index contributed by atoms with van der Waals surface area (Å²) in [6.45, 7) is 2.40. The van der Waals surface area contributed by atoms with E-state index in [9.17, 15) is 4.79 Å². The molecule has 7 nitrogen and oxygen atoms in total. The van der Waals surface area contributed by atoms with Crippen molar-refractivity contribution in [1.29, 1.82) is 0 Å². The fourth-order valence-electron chi connectivity index (χ4n) is 3.94. The Kier molecular flexibility index (Phi) is 5.58. The first kappa shape index (κ1) is 17.9. The summed E-state index contributed by atoms with van der Waals surface area (Å²) in [6, 6.07) is 4.15. The monoisotopic (exact) mass is 367 g/mol. The van der Waals surface area contributed by atoms with Crippen LogP contribution < -0.4 is 5.32 Å². The van der Waals surface area contributed by atoms with Gasteiger partial charge in [0.15, 0.2) is 0 Å². The molecule has 142 valence electrons. The molecule has 2 aromatic rings. The maximum Gasteiger partial charge on any atom is 0.223 e. The van der Waals surface area contributed by atoms with E-state index in [0.29, 0.717) is 18.2 Å². The van der Waals surface area contributed by atoms with Crippen molar-refractivity contribution >= 4 is 17.5 Å². The number of hydrogen-bond acceptors (Lipinski definition) is 6. The maximum atomic E-state index is 12.9. The minimum Gasteiger partial charge on any atom is -0.381 e. The number of nitrogens with zero attached hydrogens (tertiary/aromatic N) is 4. The van der Waals surface area contributed by atoms with Crippen LogP contribution in [0.3, 0.4) is 0 Å². The third-order valence-corrected chi connectivity index (χ3v) is 5.37. The summed E-state index contributed by atoms with van der Waals surface area (Å²) in [7, 11) is 0. The van der Waals surface area contributed by atoms with Crippen LogP contribution in [-0.4, -0.2) is 45.5 Å². The molecular formula is C20H25N5O2. The minimum absolute atomic E-state index is 0.128. The van der Waals surface area contributed by atoms with E-state index in [-0.39, 0.29) is 11.9 Å². The molecule has 1 N–H and O–H groups in total. The molecule has 2 saturated heterocycles. The van der Waals surface area contributed by atoms with Crippen LogP contribution in [0.5, 0.6) is 0 Å². The second-order valence-electron chi connectivity index (χ2n) is 7.20. The van der Waals surface area contributed by atoms with E-state index in [2.05, 4.69) is 25.2 Å². The Morgan fingerprint density at radius 2 is 2.00 bits per heavy atom. The Morgan fingerprint density at radius 3 is 2.81 bits per heavy atom. The molecule has 2 aromatic heterocycles. The topological polar surface area (TPSA) is 80.2 Å². The number of carbonyl (C=O) groups is 1. The SMILES string of the molecule is O=C(CC1CCOCC1)N1CCC[C@H]1c1ccnc(Nc2cnccn2)c1. The number of ether oxygens (including phenoxy) is 1. The summed E-state index contributed by atoms with van der Waals surface area (Å²) in [6.07, 6.45) is 11.4. The van der Waals surface area contributed by atoms with E-state index in [1.54, 1.807) is 24.8 Å². The quantitative estimate of drug-likeness (QED) is 0.875. The molecule has 7 heteroatoms. The van der Waals surface area contributed by atoms with E-state index >= 15 is 0 Å². The summed E-state index contributed by atoms with van der Waals surface area (Å²) in [5.41, 5.74) is 1.12. The molecule has 0 radical (unpaired) electrons. The van der Waals surface area contributed by atoms with Crippen LogP contribution in [0.4, 0.5) is 11.6 Å². The second kappa shape index (κ2) is 8.43. The maximum absolute atomic E-state index is 12.9. The largest absolute Gasteiger partial charge is 0.381 e. The van der Waals surface area contributed by atoms with Gasteiger partial charge in [-0.05, 0) is 49.3 Å². The van der Waals surface area contributed by atoms with Crippen molar-refractivity contribution in [1.82, 2.24) is 19.9 Å². The normalized spacial score (nSPS) is 20.6. The molecule has 0 aromatic carbocycles. The molecule has 1 amide bonds. The first-order valence-corrected chi connectivity index (χ1v) is 9.66. The van der Waals surface area contributed by atoms with Crippen molar-refractivity contribution in [3.63, 3.8) is 0 Å². The molecule has 0 spiro atoms. The van der Waals surface area contributed by atoms with Gasteiger partial charge in [-0.2, -0.15) is 0 Å². The molecule has 2 fully saturated rings. The predicted molar refractivity (Wildman–Crippen MR) is 101 cm³/mol. The molecular weight excluding hydrogens is 342 g/mol. The van der Waals surface area contributed by atoms with Crippen molar-refractivity contribution in [2.75, 3.05) is 25.1 Å². The highest BCUT2D eigenvalue weighted by molar-refractivity contribution is 5.77. The van der Waals surface area contributed by atoms with Crippen molar-refractivity contribution < 1.29 is 9.53 Å². The van der Waals surface area contributed by atoms with Gasteiger partial charge >= 0.3 is 0 Å². The van der Waals surface area contributed by atoms with Gasteiger partial charge in [-0.25, -0.2) is 9.97 Å². The number of anilines is 2. The second-order valence-corrected chi connectivity index (χ2v) is 7.20. The van der Waals surface area contributed by atoms with E-state index in [4.69, 9.17) is 4.74 Å². The smallest absolute Gasteiger partial charge is 0.223 e. The predicted octanol–water partition coefficient (Wildman–Crippen LogP) is 3.10. The van der Waals surface area contributed by atoms with Gasteiger partial charge in [0, 0.05) is 44.8 Å². The summed E-state index contributed by atoms with van der Waals surface area (Å²) in [5, 5.41) is 3.18. The molecule has 4 rings (SSSR count). The Hall–Kier alpha value is -2.54. The van der Waals surface area contributed by atoms with Crippen molar-refractivity contribution in [2.24, 2.45) is 5.92 Å². The average Bonchev–Trinajstić information content (AvgIpc) is 3.20. The molecule has 1 atom stereocenters. The fourth-order valence-corrected chi connectivity index (χ4v) is 3.94. The number of nitrogens with one attached hydrogen (secondary N) is 1. The summed E-state index contributed by atoms with van der Waals surface area (Å²) < 4.78 is 5.41. The van der Waals surface area contributed by atoms with E-state index in [1.165, 1.54) is 0 Å². The van der Waals surface area contributed by atoms with Crippen LogP contribution in [0.15, 0.2) is 36.9 Å². The zero-order chi connectivity index (χ0) is 18.5. The van der Waals surface area contributed by atoms with Crippen LogP contribution >= 0.6 is 0 Å². The number of aromatic nitrogens is 3. The first-order chi connectivity index (χ1) is 13.3. The van der Waals surface area contributed by atoms with Gasteiger partial charge in [-0.15, -0.1) is 0 Å². The highest BCUT2D eigenvalue weighted by atomic mass is 16.5. The highest BCUT2D eigenvalue weighted by Crippen LogP contribution is 2.34. The zero-order valence-electron chi connectivity index (χ0n) is 15.4. The Balaban J connectivity index is 1.45. The number of rotatable bonds is 5. The van der Waals surface area contributed by atoms with E-state index < -0.39 is 0 Å². The highest BCUT2D eigenvalue weighted by Gasteiger charge is 2.31. The van der Waals surface area contributed by atoms with E-state index in [0.717, 1.165) is 56.8 Å². The minimum atomic E-state index is 0.128. The molecule has 0 saturated carbocycles. The number of carbonyl (C=O) groups excluding carboxylic acids is 1. The Morgan fingerprint density at radius 1 is 1.15 bits per heavy atom. The van der Waals surface area contributed by atoms with Gasteiger partial charge in [0.05, 0.1) is 12.2 Å². The molecule has 4 heterocycles. The summed E-state index contributed by atoms with van der Waals surface area (Å²) >= 11 is 0. The van der Waals surface area contributed by atoms with Gasteiger partial charge in [0.1, 0.15) is 11.6 Å². The van der Waals surface area contributed by atoms with Gasteiger partial charge in [-0.1, -0.05) is 0 Å². The van der Waals surface area contributed by atoms with Crippen molar-refractivity contribution in [3.05, 3.63) is 42.5 Å². The first-order valence-electron chi connectivity index (χ1n) is 9.66. The average molecular weight is 367 g/mol. The van der Waals surface area contributed by atoms with Crippen LogP contribution in [0, 0.1) is 5.92 Å². The molecule has 0 aliphatic carbocycles. The number of pyridine rings is 1. The molecule has 0 unspecified atom stereocenters. The molecule has 27 heavy (non-hydrogen) atoms. The van der Waals surface area contributed by atoms with Gasteiger partial charge in [-0.3, -0.25) is 9.78 Å². The standard InChI is InChI=1S/C20H25N5O2/c26-20(12-15-4-10-27-11-5-15)25-9-1-2-17(25)16-3-6-22-18(13-16)24-19-14-21-7-8-23-19/h3,6-8,13-15,17H,1-2,4-5,9-12H2,(H,22,23,24)/t17-/m0/s1. The van der Waals surface area contributed by atoms with Crippen LogP contribution in [0.2, 0.25) is 0 Å². The number of hydrogen-bond donors (Lipinski definition) is 1. The van der Waals surface area contributed by atoms with Crippen LogP contribution in [0.25, 0.3) is 0 Å². The lowest BCUT2D eigenvalue weighted by Crippen LogP contribution is -2.33. The fraction of sp³-hybridized carbons (Fsp3) is 0.500. The lowest BCUT2D eigenvalue weighted by atomic mass is 9.95. The van der Waals surface area contributed by atoms with Crippen molar-refractivity contribution in [3.8, 4) is 0 Å². The summed E-state index contributed by atoms with van der Waals surface area (Å²) in [5.74, 6) is 2.10. The van der Waals surface area contributed by atoms with Gasteiger partial charge in [0.25, 0.3) is 0 Å².